The molecule has 0 bridgehead atoms. The van der Waals surface area contributed by atoms with Crippen molar-refractivity contribution in [3.8, 4) is 5.69 Å². The highest BCUT2D eigenvalue weighted by atomic mass is 79.9. The summed E-state index contributed by atoms with van der Waals surface area (Å²) < 4.78 is 8.37. The molecule has 0 saturated carbocycles. The maximum atomic E-state index is 12.5. The average Bonchev–Trinajstić information content (AvgIpc) is 3.18. The standard InChI is InChI=1S/C21H22BrN5O2S/c1-15-6-2-5-9-18(15)27-20(26-10-12-29-13-11-26)24-25-21(27)30-14-19(28)23-17-8-4-3-7-16(17)22/h2-9H,10-14H2,1H3,(H,23,28). The number of ether oxygens (including phenoxy) is 1. The number of amides is 1. The van der Waals surface area contributed by atoms with Crippen LogP contribution in [-0.2, 0) is 9.53 Å². The second-order valence-electron chi connectivity index (χ2n) is 6.82. The van der Waals surface area contributed by atoms with Gasteiger partial charge in [-0.3, -0.25) is 9.36 Å². The molecule has 2 aromatic carbocycles. The largest absolute Gasteiger partial charge is 0.378 e. The van der Waals surface area contributed by atoms with Crippen LogP contribution in [-0.4, -0.2) is 52.7 Å². The molecule has 0 spiro atoms. The van der Waals surface area contributed by atoms with Crippen LogP contribution < -0.4 is 10.2 Å². The van der Waals surface area contributed by atoms with Crippen molar-refractivity contribution in [2.45, 2.75) is 12.1 Å². The molecule has 0 radical (unpaired) electrons. The van der Waals surface area contributed by atoms with E-state index in [4.69, 9.17) is 4.74 Å². The first kappa shape index (κ1) is 20.9. The van der Waals surface area contributed by atoms with Gasteiger partial charge >= 0.3 is 0 Å². The fourth-order valence-electron chi connectivity index (χ4n) is 3.23. The fraction of sp³-hybridized carbons (Fsp3) is 0.286. The molecular formula is C21H22BrN5O2S. The van der Waals surface area contributed by atoms with E-state index in [1.165, 1.54) is 11.8 Å². The molecule has 0 atom stereocenters. The molecular weight excluding hydrogens is 466 g/mol. The molecule has 1 saturated heterocycles. The summed E-state index contributed by atoms with van der Waals surface area (Å²) in [6, 6.07) is 15.7. The van der Waals surface area contributed by atoms with Gasteiger partial charge in [0.1, 0.15) is 0 Å². The molecule has 156 valence electrons. The summed E-state index contributed by atoms with van der Waals surface area (Å²) in [5.41, 5.74) is 2.88. The highest BCUT2D eigenvalue weighted by molar-refractivity contribution is 9.10. The van der Waals surface area contributed by atoms with Gasteiger partial charge in [-0.2, -0.15) is 0 Å². The van der Waals surface area contributed by atoms with Crippen molar-refractivity contribution in [3.63, 3.8) is 0 Å². The molecule has 1 fully saturated rings. The molecule has 4 rings (SSSR count). The molecule has 0 aliphatic carbocycles. The summed E-state index contributed by atoms with van der Waals surface area (Å²) in [4.78, 5) is 14.7. The first-order valence-corrected chi connectivity index (χ1v) is 11.4. The smallest absolute Gasteiger partial charge is 0.234 e. The number of carbonyl (C=O) groups excluding carboxylic acids is 1. The quantitative estimate of drug-likeness (QED) is 0.531. The SMILES string of the molecule is Cc1ccccc1-n1c(SCC(=O)Nc2ccccc2Br)nnc1N1CCOCC1. The van der Waals surface area contributed by atoms with Gasteiger partial charge in [-0.25, -0.2) is 0 Å². The van der Waals surface area contributed by atoms with Gasteiger partial charge in [0.05, 0.1) is 30.3 Å². The Hall–Kier alpha value is -2.36. The first-order valence-electron chi connectivity index (χ1n) is 9.65. The highest BCUT2D eigenvalue weighted by Crippen LogP contribution is 2.29. The Morgan fingerprint density at radius 1 is 1.13 bits per heavy atom. The van der Waals surface area contributed by atoms with Crippen LogP contribution in [0.2, 0.25) is 0 Å². The molecule has 7 nitrogen and oxygen atoms in total. The molecule has 30 heavy (non-hydrogen) atoms. The third kappa shape index (κ3) is 4.69. The van der Waals surface area contributed by atoms with E-state index in [2.05, 4.69) is 49.3 Å². The lowest BCUT2D eigenvalue weighted by atomic mass is 10.2. The number of aryl methyl sites for hydroxylation is 1. The zero-order chi connectivity index (χ0) is 20.9. The molecule has 2 heterocycles. The zero-order valence-electron chi connectivity index (χ0n) is 16.5. The molecule has 9 heteroatoms. The normalized spacial score (nSPS) is 14.0. The number of morpholine rings is 1. The minimum Gasteiger partial charge on any atom is -0.378 e. The van der Waals surface area contributed by atoms with Crippen LogP contribution in [0.1, 0.15) is 5.56 Å². The van der Waals surface area contributed by atoms with Crippen LogP contribution in [0.3, 0.4) is 0 Å². The number of benzene rings is 2. The number of thioether (sulfide) groups is 1. The lowest BCUT2D eigenvalue weighted by molar-refractivity contribution is -0.113. The third-order valence-electron chi connectivity index (χ3n) is 4.75. The number of rotatable bonds is 6. The van der Waals surface area contributed by atoms with E-state index < -0.39 is 0 Å². The summed E-state index contributed by atoms with van der Waals surface area (Å²) in [5, 5.41) is 12.5. The van der Waals surface area contributed by atoms with E-state index in [9.17, 15) is 4.79 Å². The Bertz CT molecular complexity index is 1040. The van der Waals surface area contributed by atoms with Crippen molar-refractivity contribution in [3.05, 3.63) is 58.6 Å². The second kappa shape index (κ2) is 9.63. The highest BCUT2D eigenvalue weighted by Gasteiger charge is 2.23. The molecule has 3 aromatic rings. The van der Waals surface area contributed by atoms with Gasteiger partial charge in [-0.05, 0) is 46.6 Å². The van der Waals surface area contributed by atoms with E-state index in [1.54, 1.807) is 0 Å². The van der Waals surface area contributed by atoms with Crippen molar-refractivity contribution >= 4 is 45.2 Å². The Morgan fingerprint density at radius 3 is 2.63 bits per heavy atom. The van der Waals surface area contributed by atoms with Gasteiger partial charge in [0, 0.05) is 17.6 Å². The topological polar surface area (TPSA) is 72.3 Å². The van der Waals surface area contributed by atoms with Crippen LogP contribution in [0.4, 0.5) is 11.6 Å². The van der Waals surface area contributed by atoms with Crippen molar-refractivity contribution in [1.29, 1.82) is 0 Å². The number of anilines is 2. The van der Waals surface area contributed by atoms with Crippen LogP contribution in [0.5, 0.6) is 0 Å². The number of para-hydroxylation sites is 2. The van der Waals surface area contributed by atoms with Crippen LogP contribution >= 0.6 is 27.7 Å². The summed E-state index contributed by atoms with van der Waals surface area (Å²) in [5.74, 6) is 0.912. The number of nitrogens with one attached hydrogen (secondary N) is 1. The van der Waals surface area contributed by atoms with Gasteiger partial charge in [0.2, 0.25) is 11.9 Å². The van der Waals surface area contributed by atoms with E-state index in [1.807, 2.05) is 47.0 Å². The van der Waals surface area contributed by atoms with Crippen molar-refractivity contribution in [2.75, 3.05) is 42.3 Å². The molecule has 1 aliphatic rings. The number of aromatic nitrogens is 3. The minimum absolute atomic E-state index is 0.0980. The molecule has 1 N–H and O–H groups in total. The number of hydrogen-bond acceptors (Lipinski definition) is 6. The third-order valence-corrected chi connectivity index (χ3v) is 6.37. The Kier molecular flexibility index (Phi) is 6.71. The Labute approximate surface area is 187 Å². The number of hydrogen-bond donors (Lipinski definition) is 1. The lowest BCUT2D eigenvalue weighted by Crippen LogP contribution is -2.38. The van der Waals surface area contributed by atoms with Crippen LogP contribution in [0.25, 0.3) is 5.69 Å². The van der Waals surface area contributed by atoms with Gasteiger partial charge in [0.15, 0.2) is 5.16 Å². The Balaban J connectivity index is 1.57. The van der Waals surface area contributed by atoms with Gasteiger partial charge in [0.25, 0.3) is 0 Å². The maximum Gasteiger partial charge on any atom is 0.234 e. The minimum atomic E-state index is -0.0980. The summed E-state index contributed by atoms with van der Waals surface area (Å²) >= 11 is 4.83. The first-order chi connectivity index (χ1) is 14.6. The molecule has 1 aliphatic heterocycles. The van der Waals surface area contributed by atoms with Crippen molar-refractivity contribution in [1.82, 2.24) is 14.8 Å². The summed E-state index contributed by atoms with van der Waals surface area (Å²) in [6.45, 7) is 4.91. The maximum absolute atomic E-state index is 12.5. The van der Waals surface area contributed by atoms with Crippen molar-refractivity contribution in [2.24, 2.45) is 0 Å². The molecule has 0 unspecified atom stereocenters. The van der Waals surface area contributed by atoms with Crippen LogP contribution in [0.15, 0.2) is 58.2 Å². The van der Waals surface area contributed by atoms with Gasteiger partial charge < -0.3 is 15.0 Å². The predicted octanol–water partition coefficient (Wildman–Crippen LogP) is 3.91. The zero-order valence-corrected chi connectivity index (χ0v) is 18.9. The van der Waals surface area contributed by atoms with Gasteiger partial charge in [-0.1, -0.05) is 42.1 Å². The van der Waals surface area contributed by atoms with E-state index in [-0.39, 0.29) is 11.7 Å². The average molecular weight is 488 g/mol. The summed E-state index contributed by atoms with van der Waals surface area (Å²) in [6.07, 6.45) is 0. The van der Waals surface area contributed by atoms with E-state index in [0.29, 0.717) is 18.4 Å². The molecule has 1 amide bonds. The van der Waals surface area contributed by atoms with Crippen LogP contribution in [0, 0.1) is 6.92 Å². The molecule has 1 aromatic heterocycles. The lowest BCUT2D eigenvalue weighted by Gasteiger charge is -2.28. The number of nitrogens with zero attached hydrogens (tertiary/aromatic N) is 4. The second-order valence-corrected chi connectivity index (χ2v) is 8.62. The number of halogens is 1. The fourth-order valence-corrected chi connectivity index (χ4v) is 4.35. The Morgan fingerprint density at radius 2 is 1.87 bits per heavy atom. The number of carbonyl (C=O) groups is 1. The van der Waals surface area contributed by atoms with E-state index in [0.717, 1.165) is 40.4 Å². The summed E-state index contributed by atoms with van der Waals surface area (Å²) in [7, 11) is 0. The van der Waals surface area contributed by atoms with E-state index >= 15 is 0 Å². The van der Waals surface area contributed by atoms with Gasteiger partial charge in [-0.15, -0.1) is 10.2 Å². The predicted molar refractivity (Wildman–Crippen MR) is 123 cm³/mol. The van der Waals surface area contributed by atoms with Crippen molar-refractivity contribution < 1.29 is 9.53 Å². The monoisotopic (exact) mass is 487 g/mol.